The summed E-state index contributed by atoms with van der Waals surface area (Å²) in [6, 6.07) is 13.6. The molecule has 2 aromatic heterocycles. The molecule has 1 saturated heterocycles. The number of aryl methyl sites for hydroxylation is 2. The van der Waals surface area contributed by atoms with Crippen molar-refractivity contribution >= 4 is 23.3 Å². The number of piperazine rings is 1. The normalized spacial score (nSPS) is 18.4. The third-order valence-electron chi connectivity index (χ3n) is 6.28. The smallest absolute Gasteiger partial charge is 0.321 e. The Morgan fingerprint density at radius 3 is 2.59 bits per heavy atom. The van der Waals surface area contributed by atoms with Gasteiger partial charge in [0.25, 0.3) is 0 Å². The number of benzene rings is 1. The van der Waals surface area contributed by atoms with Gasteiger partial charge in [-0.05, 0) is 47.7 Å². The second-order valence-electron chi connectivity index (χ2n) is 8.21. The summed E-state index contributed by atoms with van der Waals surface area (Å²) in [5, 5.41) is 13.0. The lowest BCUT2D eigenvalue weighted by atomic mass is 9.96. The summed E-state index contributed by atoms with van der Waals surface area (Å²) >= 11 is 6.31. The first kappa shape index (κ1) is 20.7. The maximum atomic E-state index is 12.7. The van der Waals surface area contributed by atoms with Gasteiger partial charge in [0.05, 0.1) is 17.4 Å². The average molecular weight is 451 g/mol. The molecule has 8 heteroatoms. The number of anilines is 1. The molecule has 3 heterocycles. The van der Waals surface area contributed by atoms with Crippen LogP contribution in [0.3, 0.4) is 0 Å². The van der Waals surface area contributed by atoms with Crippen LogP contribution in [0.2, 0.25) is 5.02 Å². The number of amides is 2. The highest BCUT2D eigenvalue weighted by Gasteiger charge is 2.33. The fourth-order valence-electron chi connectivity index (χ4n) is 4.64. The lowest BCUT2D eigenvalue weighted by Crippen LogP contribution is -2.51. The molecule has 2 aliphatic rings. The monoisotopic (exact) mass is 450 g/mol. The van der Waals surface area contributed by atoms with Crippen LogP contribution in [0.1, 0.15) is 28.4 Å². The van der Waals surface area contributed by atoms with Crippen LogP contribution in [0.5, 0.6) is 0 Å². The van der Waals surface area contributed by atoms with Crippen LogP contribution >= 0.6 is 11.6 Å². The molecule has 1 unspecified atom stereocenters. The Kier molecular flexibility index (Phi) is 5.68. The second kappa shape index (κ2) is 8.76. The number of rotatable bonds is 2. The van der Waals surface area contributed by atoms with E-state index in [-0.39, 0.29) is 12.1 Å². The van der Waals surface area contributed by atoms with Gasteiger partial charge in [-0.3, -0.25) is 15.1 Å². The predicted octanol–water partition coefficient (Wildman–Crippen LogP) is 3.30. The molecular formula is C24H25ClN5O2+. The Morgan fingerprint density at radius 2 is 1.81 bits per heavy atom. The summed E-state index contributed by atoms with van der Waals surface area (Å²) in [5.74, 6) is 0. The lowest BCUT2D eigenvalue weighted by Gasteiger charge is -2.39. The molecule has 1 aliphatic heterocycles. The van der Waals surface area contributed by atoms with Crippen LogP contribution in [0.15, 0.2) is 61.1 Å². The van der Waals surface area contributed by atoms with Gasteiger partial charge in [0, 0.05) is 54.3 Å². The lowest BCUT2D eigenvalue weighted by molar-refractivity contribution is -0.904. The van der Waals surface area contributed by atoms with Crippen LogP contribution in [-0.2, 0) is 12.8 Å². The first-order chi connectivity index (χ1) is 15.6. The molecule has 0 bridgehead atoms. The summed E-state index contributed by atoms with van der Waals surface area (Å²) in [5.41, 5.74) is 5.55. The summed E-state index contributed by atoms with van der Waals surface area (Å²) in [6.45, 7) is 2.75. The van der Waals surface area contributed by atoms with Crippen molar-refractivity contribution in [1.29, 1.82) is 0 Å². The van der Waals surface area contributed by atoms with E-state index in [2.05, 4.69) is 28.4 Å². The Hall–Kier alpha value is -3.16. The number of urea groups is 1. The zero-order valence-corrected chi connectivity index (χ0v) is 18.4. The van der Waals surface area contributed by atoms with Crippen LogP contribution in [0, 0.1) is 0 Å². The Labute approximate surface area is 191 Å². The number of fused-ring (bicyclic) bond motifs is 2. The molecule has 7 nitrogen and oxygen atoms in total. The molecule has 1 aromatic carbocycles. The highest BCUT2D eigenvalue weighted by Crippen LogP contribution is 2.37. The molecule has 0 spiro atoms. The predicted molar refractivity (Wildman–Crippen MR) is 121 cm³/mol. The van der Waals surface area contributed by atoms with E-state index in [1.54, 1.807) is 12.1 Å². The van der Waals surface area contributed by atoms with Crippen molar-refractivity contribution < 1.29 is 14.7 Å². The summed E-state index contributed by atoms with van der Waals surface area (Å²) < 4.78 is 0.943. The highest BCUT2D eigenvalue weighted by molar-refractivity contribution is 6.30. The minimum atomic E-state index is -0.132. The van der Waals surface area contributed by atoms with Crippen LogP contribution in [0.4, 0.5) is 10.5 Å². The zero-order valence-electron chi connectivity index (χ0n) is 17.6. The molecule has 5 rings (SSSR count). The largest absolute Gasteiger partial charge is 0.322 e. The summed E-state index contributed by atoms with van der Waals surface area (Å²) in [6.07, 6.45) is 6.71. The van der Waals surface area contributed by atoms with Crippen molar-refractivity contribution in [3.05, 3.63) is 88.5 Å². The average Bonchev–Trinajstić information content (AvgIpc) is 2.97. The summed E-state index contributed by atoms with van der Waals surface area (Å²) in [4.78, 5) is 21.8. The number of halogens is 1. The van der Waals surface area contributed by atoms with Gasteiger partial charge in [-0.25, -0.2) is 4.79 Å². The molecule has 1 atom stereocenters. The maximum absolute atomic E-state index is 12.7. The van der Waals surface area contributed by atoms with E-state index in [1.807, 2.05) is 23.2 Å². The zero-order chi connectivity index (χ0) is 22.1. The van der Waals surface area contributed by atoms with Gasteiger partial charge in [0.2, 0.25) is 12.4 Å². The molecular weight excluding hydrogens is 426 g/mol. The number of carbonyl (C=O) groups is 1. The topological polar surface area (TPSA) is 72.6 Å². The third-order valence-corrected chi connectivity index (χ3v) is 6.52. The van der Waals surface area contributed by atoms with Gasteiger partial charge in [0.1, 0.15) is 0 Å². The summed E-state index contributed by atoms with van der Waals surface area (Å²) in [7, 11) is 0. The molecule has 164 valence electrons. The first-order valence-corrected chi connectivity index (χ1v) is 11.2. The second-order valence-corrected chi connectivity index (χ2v) is 8.65. The van der Waals surface area contributed by atoms with E-state index in [4.69, 9.17) is 16.6 Å². The van der Waals surface area contributed by atoms with Crippen LogP contribution in [0.25, 0.3) is 0 Å². The number of pyridine rings is 2. The SMILES string of the molecule is O=C(Nc1cc[n+](O)cc1)N1CCN(C2c3ccc(Cl)cc3CCc3cccnc32)CC1. The Morgan fingerprint density at radius 1 is 1.06 bits per heavy atom. The number of carbonyl (C=O) groups excluding carboxylic acids is 1. The van der Waals surface area contributed by atoms with Gasteiger partial charge in [-0.15, -0.1) is 0 Å². The Balaban J connectivity index is 1.35. The third kappa shape index (κ3) is 4.13. The molecule has 0 radical (unpaired) electrons. The standard InChI is InChI=1S/C24H24ClN5O2/c25-19-5-6-21-18(16-19)4-3-17-2-1-9-26-22(17)23(21)28-12-14-29(15-13-28)24(31)27-20-7-10-30(32)11-8-20/h1-2,5-11,16,23,32H,3-4,12-15H2/p+1. The van der Waals surface area contributed by atoms with Crippen molar-refractivity contribution in [3.8, 4) is 0 Å². The highest BCUT2D eigenvalue weighted by atomic mass is 35.5. The molecule has 32 heavy (non-hydrogen) atoms. The Bertz CT molecular complexity index is 1130. The number of nitrogens with zero attached hydrogens (tertiary/aromatic N) is 4. The minimum Gasteiger partial charge on any atom is -0.322 e. The van der Waals surface area contributed by atoms with Crippen molar-refractivity contribution in [3.63, 3.8) is 0 Å². The van der Waals surface area contributed by atoms with Crippen molar-refractivity contribution in [1.82, 2.24) is 14.8 Å². The van der Waals surface area contributed by atoms with E-state index >= 15 is 0 Å². The van der Waals surface area contributed by atoms with Gasteiger partial charge in [-0.1, -0.05) is 23.7 Å². The van der Waals surface area contributed by atoms with Crippen LogP contribution in [-0.4, -0.2) is 52.2 Å². The minimum absolute atomic E-state index is 0.0558. The van der Waals surface area contributed by atoms with Crippen molar-refractivity contribution in [2.24, 2.45) is 0 Å². The molecule has 1 aliphatic carbocycles. The fourth-order valence-corrected chi connectivity index (χ4v) is 4.83. The number of hydrogen-bond donors (Lipinski definition) is 2. The van der Waals surface area contributed by atoms with Crippen molar-refractivity contribution in [2.45, 2.75) is 18.9 Å². The molecule has 0 saturated carbocycles. The van der Waals surface area contributed by atoms with Gasteiger partial charge >= 0.3 is 6.03 Å². The number of nitrogens with one attached hydrogen (secondary N) is 1. The van der Waals surface area contributed by atoms with E-state index in [0.717, 1.165) is 41.4 Å². The molecule has 3 aromatic rings. The fraction of sp³-hybridized carbons (Fsp3) is 0.292. The van der Waals surface area contributed by atoms with Crippen molar-refractivity contribution in [2.75, 3.05) is 31.5 Å². The molecule has 2 N–H and O–H groups in total. The first-order valence-electron chi connectivity index (χ1n) is 10.8. The number of hydrogen-bond acceptors (Lipinski definition) is 4. The number of aromatic nitrogens is 2. The molecule has 1 fully saturated rings. The van der Waals surface area contributed by atoms with E-state index in [9.17, 15) is 10.0 Å². The van der Waals surface area contributed by atoms with Gasteiger partial charge in [0.15, 0.2) is 0 Å². The van der Waals surface area contributed by atoms with Gasteiger partial charge < -0.3 is 10.2 Å². The maximum Gasteiger partial charge on any atom is 0.321 e. The van der Waals surface area contributed by atoms with Gasteiger partial charge in [-0.2, -0.15) is 0 Å². The van der Waals surface area contributed by atoms with E-state index in [0.29, 0.717) is 18.8 Å². The molecule has 2 amide bonds. The van der Waals surface area contributed by atoms with E-state index in [1.165, 1.54) is 29.1 Å². The van der Waals surface area contributed by atoms with E-state index < -0.39 is 0 Å². The van der Waals surface area contributed by atoms with Crippen LogP contribution < -0.4 is 10.0 Å². The quantitative estimate of drug-likeness (QED) is 0.464.